The summed E-state index contributed by atoms with van der Waals surface area (Å²) >= 11 is 0. The van der Waals surface area contributed by atoms with E-state index in [0.717, 1.165) is 12.1 Å². The van der Waals surface area contributed by atoms with E-state index in [1.807, 2.05) is 51.1 Å². The molecule has 4 N–H and O–H groups in total. The smallest absolute Gasteiger partial charge is 0.274 e. The van der Waals surface area contributed by atoms with Gasteiger partial charge >= 0.3 is 0 Å². The van der Waals surface area contributed by atoms with Gasteiger partial charge in [-0.1, -0.05) is 44.2 Å². The van der Waals surface area contributed by atoms with Crippen molar-refractivity contribution in [3.63, 3.8) is 0 Å². The molecule has 5 heteroatoms. The van der Waals surface area contributed by atoms with Crippen LogP contribution in [0.5, 0.6) is 0 Å². The second kappa shape index (κ2) is 6.43. The molecule has 1 atom stereocenters. The van der Waals surface area contributed by atoms with Crippen molar-refractivity contribution >= 4 is 11.6 Å². The molecule has 0 saturated carbocycles. The van der Waals surface area contributed by atoms with Gasteiger partial charge in [-0.2, -0.15) is 5.10 Å². The topological polar surface area (TPSA) is 83.8 Å². The first-order valence-electron chi connectivity index (χ1n) is 7.17. The zero-order valence-electron chi connectivity index (χ0n) is 12.7. The Kier molecular flexibility index (Phi) is 4.62. The normalized spacial score (nSPS) is 12.4. The molecule has 21 heavy (non-hydrogen) atoms. The number of hydrogen-bond acceptors (Lipinski definition) is 3. The Bertz CT molecular complexity index is 604. The number of carbonyl (C=O) groups excluding carboxylic acids is 1. The van der Waals surface area contributed by atoms with Crippen LogP contribution in [0.25, 0.3) is 0 Å². The van der Waals surface area contributed by atoms with Crippen molar-refractivity contribution < 1.29 is 4.79 Å². The predicted molar refractivity (Wildman–Crippen MR) is 84.2 cm³/mol. The zero-order valence-corrected chi connectivity index (χ0v) is 12.7. The summed E-state index contributed by atoms with van der Waals surface area (Å²) in [5.41, 5.74) is 8.68. The van der Waals surface area contributed by atoms with Crippen LogP contribution in [-0.4, -0.2) is 22.1 Å². The van der Waals surface area contributed by atoms with Crippen molar-refractivity contribution in [2.24, 2.45) is 0 Å². The van der Waals surface area contributed by atoms with E-state index in [1.54, 1.807) is 0 Å². The number of nitrogens with one attached hydrogen (secondary N) is 2. The lowest BCUT2D eigenvalue weighted by atomic mass is 10.1. The molecule has 2 aromatic rings. The maximum atomic E-state index is 12.2. The van der Waals surface area contributed by atoms with E-state index in [4.69, 9.17) is 5.73 Å². The summed E-state index contributed by atoms with van der Waals surface area (Å²) in [4.78, 5) is 12.2. The maximum Gasteiger partial charge on any atom is 0.274 e. The van der Waals surface area contributed by atoms with Crippen LogP contribution in [0, 0.1) is 0 Å². The van der Waals surface area contributed by atoms with Gasteiger partial charge in [-0.3, -0.25) is 9.89 Å². The fraction of sp³-hybridized carbons (Fsp3) is 0.375. The molecular formula is C16H22N4O. The van der Waals surface area contributed by atoms with E-state index in [0.29, 0.717) is 5.69 Å². The van der Waals surface area contributed by atoms with Crippen LogP contribution in [0.4, 0.5) is 5.69 Å². The fourth-order valence-electron chi connectivity index (χ4n) is 2.29. The van der Waals surface area contributed by atoms with Crippen LogP contribution < -0.4 is 11.1 Å². The summed E-state index contributed by atoms with van der Waals surface area (Å²) in [5, 5.41) is 9.81. The number of rotatable bonds is 5. The third kappa shape index (κ3) is 3.62. The molecule has 0 aliphatic heterocycles. The van der Waals surface area contributed by atoms with E-state index in [-0.39, 0.29) is 23.6 Å². The minimum Gasteiger partial charge on any atom is -0.395 e. The Morgan fingerprint density at radius 3 is 2.52 bits per heavy atom. The largest absolute Gasteiger partial charge is 0.395 e. The van der Waals surface area contributed by atoms with E-state index < -0.39 is 0 Å². The molecule has 2 rings (SSSR count). The summed E-state index contributed by atoms with van der Waals surface area (Å²) in [6.07, 6.45) is 0.772. The number of nitrogens with two attached hydrogens (primary N) is 1. The molecule has 1 aromatic heterocycles. The Labute approximate surface area is 124 Å². The lowest BCUT2D eigenvalue weighted by Gasteiger charge is -2.13. The highest BCUT2D eigenvalue weighted by Crippen LogP contribution is 2.22. The number of carbonyl (C=O) groups is 1. The number of anilines is 1. The molecule has 0 bridgehead atoms. The number of H-pyrrole nitrogens is 1. The predicted octanol–water partition coefficient (Wildman–Crippen LogP) is 2.48. The first-order valence-corrected chi connectivity index (χ1v) is 7.17. The molecule has 1 amide bonds. The van der Waals surface area contributed by atoms with Crippen LogP contribution in [0.1, 0.15) is 48.4 Å². The van der Waals surface area contributed by atoms with Gasteiger partial charge in [0.05, 0.1) is 11.4 Å². The number of nitrogen functional groups attached to an aromatic ring is 1. The average Bonchev–Trinajstić information content (AvgIpc) is 2.81. The van der Waals surface area contributed by atoms with Gasteiger partial charge in [0.1, 0.15) is 0 Å². The van der Waals surface area contributed by atoms with E-state index in [2.05, 4.69) is 15.5 Å². The first kappa shape index (κ1) is 15.1. The van der Waals surface area contributed by atoms with Gasteiger partial charge in [-0.25, -0.2) is 0 Å². The van der Waals surface area contributed by atoms with Crippen molar-refractivity contribution in [3.8, 4) is 0 Å². The van der Waals surface area contributed by atoms with Crippen LogP contribution >= 0.6 is 0 Å². The Hall–Kier alpha value is -2.30. The molecule has 0 fully saturated rings. The molecular weight excluding hydrogens is 264 g/mol. The van der Waals surface area contributed by atoms with Crippen molar-refractivity contribution in [1.29, 1.82) is 0 Å². The monoisotopic (exact) mass is 286 g/mol. The summed E-state index contributed by atoms with van der Waals surface area (Å²) < 4.78 is 0. The summed E-state index contributed by atoms with van der Waals surface area (Å²) in [7, 11) is 0. The van der Waals surface area contributed by atoms with E-state index in [1.165, 1.54) is 5.56 Å². The maximum absolute atomic E-state index is 12.2. The highest BCUT2D eigenvalue weighted by molar-refractivity contribution is 5.97. The molecule has 1 heterocycles. The number of benzene rings is 1. The highest BCUT2D eigenvalue weighted by Gasteiger charge is 2.20. The van der Waals surface area contributed by atoms with Crippen LogP contribution in [0.2, 0.25) is 0 Å². The average molecular weight is 286 g/mol. The molecule has 0 radical (unpaired) electrons. The standard InChI is InChI=1S/C16H22N4O/c1-10(2)14-13(17)15(20-19-14)16(21)18-11(3)9-12-7-5-4-6-8-12/h4-8,10-11H,9,17H2,1-3H3,(H,18,21)(H,19,20). The van der Waals surface area contributed by atoms with Crippen LogP contribution in [-0.2, 0) is 6.42 Å². The van der Waals surface area contributed by atoms with Gasteiger partial charge in [-0.05, 0) is 24.8 Å². The van der Waals surface area contributed by atoms with Gasteiger partial charge < -0.3 is 11.1 Å². The molecule has 112 valence electrons. The third-order valence-corrected chi connectivity index (χ3v) is 3.39. The molecule has 0 spiro atoms. The lowest BCUT2D eigenvalue weighted by Crippen LogP contribution is -2.34. The van der Waals surface area contributed by atoms with Crippen LogP contribution in [0.15, 0.2) is 30.3 Å². The Balaban J connectivity index is 2.01. The van der Waals surface area contributed by atoms with E-state index in [9.17, 15) is 4.79 Å². The van der Waals surface area contributed by atoms with Crippen molar-refractivity contribution in [3.05, 3.63) is 47.3 Å². The van der Waals surface area contributed by atoms with Gasteiger partial charge in [-0.15, -0.1) is 0 Å². The third-order valence-electron chi connectivity index (χ3n) is 3.39. The summed E-state index contributed by atoms with van der Waals surface area (Å²) in [6.45, 7) is 5.98. The van der Waals surface area contributed by atoms with Gasteiger partial charge in [0.2, 0.25) is 0 Å². The van der Waals surface area contributed by atoms with Crippen molar-refractivity contribution in [1.82, 2.24) is 15.5 Å². The van der Waals surface area contributed by atoms with Crippen LogP contribution in [0.3, 0.4) is 0 Å². The first-order chi connectivity index (χ1) is 9.99. The quantitative estimate of drug-likeness (QED) is 0.789. The molecule has 1 aromatic carbocycles. The molecule has 0 saturated heterocycles. The van der Waals surface area contributed by atoms with Gasteiger partial charge in [0.25, 0.3) is 5.91 Å². The fourth-order valence-corrected chi connectivity index (χ4v) is 2.29. The van der Waals surface area contributed by atoms with Crippen molar-refractivity contribution in [2.75, 3.05) is 5.73 Å². The molecule has 0 aliphatic carbocycles. The number of amides is 1. The van der Waals surface area contributed by atoms with Crippen molar-refractivity contribution in [2.45, 2.75) is 39.2 Å². The van der Waals surface area contributed by atoms with Gasteiger partial charge in [0, 0.05) is 6.04 Å². The number of aromatic amines is 1. The summed E-state index contributed by atoms with van der Waals surface area (Å²) in [6, 6.07) is 10.1. The number of aromatic nitrogens is 2. The number of hydrogen-bond donors (Lipinski definition) is 3. The number of nitrogens with zero attached hydrogens (tertiary/aromatic N) is 1. The van der Waals surface area contributed by atoms with Gasteiger partial charge in [0.15, 0.2) is 5.69 Å². The molecule has 0 aliphatic rings. The lowest BCUT2D eigenvalue weighted by molar-refractivity contribution is 0.0936. The zero-order chi connectivity index (χ0) is 15.4. The second-order valence-corrected chi connectivity index (χ2v) is 5.62. The summed E-state index contributed by atoms with van der Waals surface area (Å²) in [5.74, 6) is -0.0279. The minimum absolute atomic E-state index is 0.0125. The van der Waals surface area contributed by atoms with E-state index >= 15 is 0 Å². The molecule has 1 unspecified atom stereocenters. The highest BCUT2D eigenvalue weighted by atomic mass is 16.2. The SMILES string of the molecule is CC(Cc1ccccc1)NC(=O)c1n[nH]c(C(C)C)c1N. The Morgan fingerprint density at radius 1 is 1.29 bits per heavy atom. The Morgan fingerprint density at radius 2 is 1.95 bits per heavy atom. The minimum atomic E-state index is -0.237. The molecule has 5 nitrogen and oxygen atoms in total. The second-order valence-electron chi connectivity index (χ2n) is 5.62.